The van der Waals surface area contributed by atoms with E-state index >= 15 is 0 Å². The first kappa shape index (κ1) is 11.5. The number of rotatable bonds is 3. The molecular formula is C5H13BrClN. The lowest BCUT2D eigenvalue weighted by Crippen LogP contribution is -3.00. The lowest BCUT2D eigenvalue weighted by molar-refractivity contribution is -0.366. The van der Waals surface area contributed by atoms with Crippen molar-refractivity contribution >= 4 is 15.9 Å². The molecule has 0 heterocycles. The molecule has 0 radical (unpaired) electrons. The Balaban J connectivity index is 0. The van der Waals surface area contributed by atoms with Gasteiger partial charge in [-0.2, -0.15) is 0 Å². The summed E-state index contributed by atoms with van der Waals surface area (Å²) in [5.41, 5.74) is 3.76. The summed E-state index contributed by atoms with van der Waals surface area (Å²) in [6, 6.07) is 0. The highest BCUT2D eigenvalue weighted by Crippen LogP contribution is 2.03. The molecule has 0 aliphatic rings. The third kappa shape index (κ3) is 6.73. The van der Waals surface area contributed by atoms with Gasteiger partial charge in [0.05, 0.1) is 11.4 Å². The van der Waals surface area contributed by atoms with Crippen LogP contribution in [0.2, 0.25) is 0 Å². The average molecular weight is 203 g/mol. The second-order valence-corrected chi connectivity index (χ2v) is 2.97. The molecule has 0 aromatic rings. The zero-order chi connectivity index (χ0) is 5.70. The Bertz CT molecular complexity index is 43.4. The molecule has 1 atom stereocenters. The molecule has 0 fully saturated rings. The quantitative estimate of drug-likeness (QED) is 0.503. The zero-order valence-corrected chi connectivity index (χ0v) is 7.50. The van der Waals surface area contributed by atoms with Crippen molar-refractivity contribution in [1.82, 2.24) is 0 Å². The van der Waals surface area contributed by atoms with Crippen molar-refractivity contribution in [1.29, 1.82) is 0 Å². The van der Waals surface area contributed by atoms with Crippen LogP contribution in [-0.4, -0.2) is 11.4 Å². The first-order valence-corrected chi connectivity index (χ1v) is 3.66. The van der Waals surface area contributed by atoms with Crippen LogP contribution in [0.1, 0.15) is 19.8 Å². The van der Waals surface area contributed by atoms with Gasteiger partial charge in [0.1, 0.15) is 0 Å². The van der Waals surface area contributed by atoms with Gasteiger partial charge in [-0.3, -0.25) is 0 Å². The van der Waals surface area contributed by atoms with Crippen molar-refractivity contribution in [2.75, 3.05) is 6.54 Å². The predicted octanol–water partition coefficient (Wildman–Crippen LogP) is -2.20. The summed E-state index contributed by atoms with van der Waals surface area (Å²) in [5, 5.41) is 0. The van der Waals surface area contributed by atoms with E-state index < -0.39 is 0 Å². The fourth-order valence-electron chi connectivity index (χ4n) is 0.458. The standard InChI is InChI=1S/C5H12BrN.ClH/c1-2-3-5(6)4-7;/h5H,2-4,7H2,1H3;1H. The molecule has 0 bridgehead atoms. The summed E-state index contributed by atoms with van der Waals surface area (Å²) in [6.45, 7) is 3.19. The summed E-state index contributed by atoms with van der Waals surface area (Å²) in [6.07, 6.45) is 2.51. The summed E-state index contributed by atoms with van der Waals surface area (Å²) >= 11 is 3.47. The summed E-state index contributed by atoms with van der Waals surface area (Å²) in [4.78, 5) is 0.650. The van der Waals surface area contributed by atoms with E-state index in [0.717, 1.165) is 6.54 Å². The third-order valence-electron chi connectivity index (χ3n) is 0.915. The maximum absolute atomic E-state index is 3.76. The van der Waals surface area contributed by atoms with Gasteiger partial charge in [-0.1, -0.05) is 29.3 Å². The molecule has 8 heavy (non-hydrogen) atoms. The Morgan fingerprint density at radius 2 is 2.12 bits per heavy atom. The van der Waals surface area contributed by atoms with Gasteiger partial charge < -0.3 is 18.1 Å². The fraction of sp³-hybridized carbons (Fsp3) is 1.00. The van der Waals surface area contributed by atoms with Crippen molar-refractivity contribution in [3.05, 3.63) is 0 Å². The summed E-state index contributed by atoms with van der Waals surface area (Å²) in [7, 11) is 0. The van der Waals surface area contributed by atoms with Gasteiger partial charge in [0.15, 0.2) is 0 Å². The maximum atomic E-state index is 3.76. The molecule has 0 aromatic carbocycles. The first-order chi connectivity index (χ1) is 3.31. The lowest BCUT2D eigenvalue weighted by atomic mass is 10.2. The number of halogens is 2. The van der Waals surface area contributed by atoms with Gasteiger partial charge in [-0.25, -0.2) is 0 Å². The molecule has 3 heteroatoms. The SMILES string of the molecule is CCCC(Br)C[NH3+].[Cl-]. The van der Waals surface area contributed by atoms with Gasteiger partial charge >= 0.3 is 0 Å². The van der Waals surface area contributed by atoms with E-state index in [2.05, 4.69) is 28.6 Å². The Labute approximate surface area is 65.6 Å². The van der Waals surface area contributed by atoms with E-state index in [4.69, 9.17) is 0 Å². The van der Waals surface area contributed by atoms with Gasteiger partial charge in [0.25, 0.3) is 0 Å². The predicted molar refractivity (Wildman–Crippen MR) is 35.4 cm³/mol. The Morgan fingerprint density at radius 3 is 2.25 bits per heavy atom. The van der Waals surface area contributed by atoms with E-state index in [0.29, 0.717) is 4.83 Å². The van der Waals surface area contributed by atoms with Crippen molar-refractivity contribution in [2.24, 2.45) is 0 Å². The van der Waals surface area contributed by atoms with E-state index in [1.54, 1.807) is 0 Å². The van der Waals surface area contributed by atoms with Crippen LogP contribution < -0.4 is 18.1 Å². The highest BCUT2D eigenvalue weighted by atomic mass is 79.9. The minimum absolute atomic E-state index is 0. The van der Waals surface area contributed by atoms with Crippen molar-refractivity contribution < 1.29 is 18.1 Å². The minimum atomic E-state index is 0. The average Bonchev–Trinajstić information content (AvgIpc) is 1.68. The lowest BCUT2D eigenvalue weighted by Gasteiger charge is -1.97. The molecule has 0 spiro atoms. The molecule has 0 saturated carbocycles. The van der Waals surface area contributed by atoms with Gasteiger partial charge in [0.2, 0.25) is 0 Å². The fourth-order valence-corrected chi connectivity index (χ4v) is 0.915. The molecule has 52 valence electrons. The molecule has 0 rings (SSSR count). The van der Waals surface area contributed by atoms with Crippen LogP contribution >= 0.6 is 15.9 Å². The molecule has 0 amide bonds. The highest BCUT2D eigenvalue weighted by molar-refractivity contribution is 9.09. The van der Waals surface area contributed by atoms with Crippen molar-refractivity contribution in [3.63, 3.8) is 0 Å². The summed E-state index contributed by atoms with van der Waals surface area (Å²) in [5.74, 6) is 0. The molecule has 3 N–H and O–H groups in total. The van der Waals surface area contributed by atoms with Crippen molar-refractivity contribution in [3.8, 4) is 0 Å². The Morgan fingerprint density at radius 1 is 1.62 bits per heavy atom. The van der Waals surface area contributed by atoms with E-state index in [9.17, 15) is 0 Å². The third-order valence-corrected chi connectivity index (χ3v) is 1.83. The van der Waals surface area contributed by atoms with Crippen LogP contribution in [0.3, 0.4) is 0 Å². The molecule has 0 aromatic heterocycles. The molecule has 0 aliphatic carbocycles. The van der Waals surface area contributed by atoms with Crippen LogP contribution in [0.15, 0.2) is 0 Å². The van der Waals surface area contributed by atoms with Crippen LogP contribution in [0.25, 0.3) is 0 Å². The topological polar surface area (TPSA) is 27.6 Å². The largest absolute Gasteiger partial charge is 1.00 e. The minimum Gasteiger partial charge on any atom is -1.00 e. The van der Waals surface area contributed by atoms with Crippen LogP contribution in [0, 0.1) is 0 Å². The normalized spacial score (nSPS) is 12.4. The molecular weight excluding hydrogens is 189 g/mol. The number of alkyl halides is 1. The van der Waals surface area contributed by atoms with Gasteiger partial charge in [-0.05, 0) is 6.42 Å². The van der Waals surface area contributed by atoms with E-state index in [-0.39, 0.29) is 12.4 Å². The molecule has 1 nitrogen and oxygen atoms in total. The second kappa shape index (κ2) is 7.73. The zero-order valence-electron chi connectivity index (χ0n) is 5.16. The van der Waals surface area contributed by atoms with Crippen LogP contribution in [0.4, 0.5) is 0 Å². The van der Waals surface area contributed by atoms with Gasteiger partial charge in [0, 0.05) is 0 Å². The van der Waals surface area contributed by atoms with Crippen molar-refractivity contribution in [2.45, 2.75) is 24.6 Å². The molecule has 0 saturated heterocycles. The molecule has 1 unspecified atom stereocenters. The number of hydrogen-bond donors (Lipinski definition) is 1. The Kier molecular flexibility index (Phi) is 11.1. The summed E-state index contributed by atoms with van der Waals surface area (Å²) < 4.78 is 0. The van der Waals surface area contributed by atoms with E-state index in [1.165, 1.54) is 12.8 Å². The second-order valence-electron chi connectivity index (χ2n) is 1.67. The highest BCUT2D eigenvalue weighted by Gasteiger charge is 1.98. The van der Waals surface area contributed by atoms with Gasteiger partial charge in [-0.15, -0.1) is 0 Å². The smallest absolute Gasteiger partial charge is 0.0866 e. The monoisotopic (exact) mass is 201 g/mol. The maximum Gasteiger partial charge on any atom is 0.0866 e. The van der Waals surface area contributed by atoms with Crippen LogP contribution in [0.5, 0.6) is 0 Å². The Hall–Kier alpha value is 0.730. The van der Waals surface area contributed by atoms with E-state index in [1.807, 2.05) is 0 Å². The number of quaternary nitrogens is 1. The first-order valence-electron chi connectivity index (χ1n) is 2.74. The molecule has 0 aliphatic heterocycles. The number of hydrogen-bond acceptors (Lipinski definition) is 0. The van der Waals surface area contributed by atoms with Crippen LogP contribution in [-0.2, 0) is 0 Å².